The molecule has 1 saturated heterocycles. The third-order valence-corrected chi connectivity index (χ3v) is 8.37. The zero-order valence-electron chi connectivity index (χ0n) is 21.0. The van der Waals surface area contributed by atoms with E-state index in [4.69, 9.17) is 27.2 Å². The number of hydrogen-bond acceptors (Lipinski definition) is 8. The second kappa shape index (κ2) is 12.4. The van der Waals surface area contributed by atoms with Gasteiger partial charge in [-0.05, 0) is 37.5 Å². The van der Waals surface area contributed by atoms with Crippen LogP contribution in [0.1, 0.15) is 17.0 Å². The van der Waals surface area contributed by atoms with E-state index >= 15 is 0 Å². The Hall–Kier alpha value is -3.05. The number of aryl methyl sites for hydroxylation is 1. The minimum absolute atomic E-state index is 0.398. The zero-order valence-corrected chi connectivity index (χ0v) is 22.6. The zero-order chi connectivity index (χ0) is 28.2. The lowest BCUT2D eigenvalue weighted by molar-refractivity contribution is -0.192. The molecule has 14 heteroatoms. The van der Waals surface area contributed by atoms with Crippen molar-refractivity contribution in [3.8, 4) is 6.07 Å². The summed E-state index contributed by atoms with van der Waals surface area (Å²) in [5.41, 5.74) is 9.25. The van der Waals surface area contributed by atoms with Gasteiger partial charge in [0.05, 0.1) is 29.0 Å². The van der Waals surface area contributed by atoms with Gasteiger partial charge in [0, 0.05) is 67.3 Å². The van der Waals surface area contributed by atoms with Gasteiger partial charge in [0.1, 0.15) is 0 Å². The molecular formula is C25H29ClF3N7O2S. The first kappa shape index (κ1) is 28.9. The Morgan fingerprint density at radius 1 is 1.31 bits per heavy atom. The van der Waals surface area contributed by atoms with Crippen molar-refractivity contribution in [2.24, 2.45) is 0 Å². The molecule has 3 aromatic rings. The van der Waals surface area contributed by atoms with Crippen LogP contribution in [0.2, 0.25) is 5.02 Å². The highest BCUT2D eigenvalue weighted by atomic mass is 35.5. The molecule has 0 saturated carbocycles. The van der Waals surface area contributed by atoms with Crippen molar-refractivity contribution in [2.45, 2.75) is 31.5 Å². The molecule has 2 aromatic heterocycles. The number of aromatic amines is 1. The van der Waals surface area contributed by atoms with Crippen molar-refractivity contribution in [1.82, 2.24) is 19.8 Å². The number of piperazine rings is 1. The van der Waals surface area contributed by atoms with Crippen LogP contribution in [-0.4, -0.2) is 88.9 Å². The van der Waals surface area contributed by atoms with Crippen LogP contribution in [0.15, 0.2) is 24.4 Å². The Kier molecular flexibility index (Phi) is 9.22. The lowest BCUT2D eigenvalue weighted by Crippen LogP contribution is -2.50. The van der Waals surface area contributed by atoms with Crippen LogP contribution >= 0.6 is 22.9 Å². The van der Waals surface area contributed by atoms with Crippen molar-refractivity contribution in [2.75, 3.05) is 56.4 Å². The SMILES string of the molecule is N#CCN(CCN1CCN(c2ccc3[nH]ccc3c2Cl)CC1)[C@H]1CCc2nc(N)sc2C1.O=C(O)C(F)(F)F. The molecule has 5 rings (SSSR count). The number of aliphatic carboxylic acids is 1. The number of thiazole rings is 1. The van der Waals surface area contributed by atoms with Gasteiger partial charge in [-0.1, -0.05) is 11.6 Å². The van der Waals surface area contributed by atoms with Gasteiger partial charge in [0.2, 0.25) is 0 Å². The highest BCUT2D eigenvalue weighted by Gasteiger charge is 2.38. The monoisotopic (exact) mass is 583 g/mol. The number of nitrogen functional groups attached to an aromatic ring is 1. The van der Waals surface area contributed by atoms with E-state index in [1.54, 1.807) is 11.3 Å². The van der Waals surface area contributed by atoms with Crippen LogP contribution in [0.4, 0.5) is 24.0 Å². The number of aromatic nitrogens is 2. The number of halogens is 4. The summed E-state index contributed by atoms with van der Waals surface area (Å²) in [6.45, 7) is 6.29. The lowest BCUT2D eigenvalue weighted by Gasteiger charge is -2.38. The molecule has 210 valence electrons. The number of nitrogens with one attached hydrogen (secondary N) is 1. The predicted molar refractivity (Wildman–Crippen MR) is 145 cm³/mol. The van der Waals surface area contributed by atoms with E-state index in [-0.39, 0.29) is 0 Å². The first-order valence-electron chi connectivity index (χ1n) is 12.4. The smallest absolute Gasteiger partial charge is 0.475 e. The van der Waals surface area contributed by atoms with Crippen LogP contribution in [-0.2, 0) is 17.6 Å². The number of alkyl halides is 3. The number of carboxylic acid groups (broad SMARTS) is 1. The number of nitriles is 1. The summed E-state index contributed by atoms with van der Waals surface area (Å²) < 4.78 is 31.7. The Morgan fingerprint density at radius 3 is 2.69 bits per heavy atom. The molecule has 0 bridgehead atoms. The number of benzene rings is 1. The third kappa shape index (κ3) is 7.13. The van der Waals surface area contributed by atoms with E-state index in [9.17, 15) is 18.4 Å². The fourth-order valence-corrected chi connectivity index (χ4v) is 6.28. The normalized spacial score (nSPS) is 17.9. The molecule has 1 fully saturated rings. The number of rotatable bonds is 6. The number of H-pyrrole nitrogens is 1. The third-order valence-electron chi connectivity index (χ3n) is 7.03. The Labute approximate surface area is 232 Å². The lowest BCUT2D eigenvalue weighted by atomic mass is 9.96. The van der Waals surface area contributed by atoms with E-state index in [0.29, 0.717) is 17.7 Å². The number of anilines is 2. The quantitative estimate of drug-likeness (QED) is 0.372. The summed E-state index contributed by atoms with van der Waals surface area (Å²) in [5.74, 6) is -2.76. The highest BCUT2D eigenvalue weighted by molar-refractivity contribution is 7.15. The predicted octanol–water partition coefficient (Wildman–Crippen LogP) is 4.00. The molecule has 2 aliphatic rings. The van der Waals surface area contributed by atoms with Crippen molar-refractivity contribution in [1.29, 1.82) is 5.26 Å². The molecule has 39 heavy (non-hydrogen) atoms. The van der Waals surface area contributed by atoms with E-state index < -0.39 is 12.1 Å². The standard InChI is InChI=1S/C23H28ClN7S.C2HF3O2/c24-22-17-5-7-27-18(17)3-4-20(22)31-13-10-29(11-14-31)9-12-30(8-6-25)16-1-2-19-21(15-16)32-23(26)28-19;3-2(4,5)1(6)7/h3-5,7,16,27H,1-2,8-15H2,(H2,26,28);(H,6,7)/t16-;/m0./s1. The fourth-order valence-electron chi connectivity index (χ4n) is 4.98. The number of hydrogen-bond donors (Lipinski definition) is 3. The maximum Gasteiger partial charge on any atom is 0.490 e. The van der Waals surface area contributed by atoms with Crippen LogP contribution in [0, 0.1) is 11.3 Å². The van der Waals surface area contributed by atoms with E-state index in [1.807, 2.05) is 12.3 Å². The summed E-state index contributed by atoms with van der Waals surface area (Å²) in [5, 5.41) is 19.1. The molecule has 0 radical (unpaired) electrons. The second-order valence-electron chi connectivity index (χ2n) is 9.42. The van der Waals surface area contributed by atoms with Crippen molar-refractivity contribution in [3.63, 3.8) is 0 Å². The Morgan fingerprint density at radius 2 is 2.03 bits per heavy atom. The van der Waals surface area contributed by atoms with Crippen molar-refractivity contribution >= 4 is 50.6 Å². The summed E-state index contributed by atoms with van der Waals surface area (Å²) in [6, 6.07) is 9.04. The van der Waals surface area contributed by atoms with Gasteiger partial charge in [-0.25, -0.2) is 9.78 Å². The molecular weight excluding hydrogens is 555 g/mol. The summed E-state index contributed by atoms with van der Waals surface area (Å²) in [7, 11) is 0. The summed E-state index contributed by atoms with van der Waals surface area (Å²) >= 11 is 8.29. The van der Waals surface area contributed by atoms with Gasteiger partial charge in [0.15, 0.2) is 5.13 Å². The van der Waals surface area contributed by atoms with Gasteiger partial charge >= 0.3 is 12.1 Å². The van der Waals surface area contributed by atoms with Crippen LogP contribution < -0.4 is 10.6 Å². The molecule has 0 amide bonds. The van der Waals surface area contributed by atoms with Crippen molar-refractivity contribution < 1.29 is 23.1 Å². The molecule has 1 aliphatic carbocycles. The average Bonchev–Trinajstić information content (AvgIpc) is 3.53. The Balaban J connectivity index is 0.000000448. The molecule has 4 N–H and O–H groups in total. The molecule has 0 unspecified atom stereocenters. The maximum absolute atomic E-state index is 10.6. The average molecular weight is 584 g/mol. The van der Waals surface area contributed by atoms with Crippen LogP contribution in [0.25, 0.3) is 10.9 Å². The number of carboxylic acids is 1. The van der Waals surface area contributed by atoms with E-state index in [1.165, 1.54) is 4.88 Å². The summed E-state index contributed by atoms with van der Waals surface area (Å²) in [6.07, 6.45) is -0.186. The number of nitrogens with zero attached hydrogens (tertiary/aromatic N) is 5. The molecule has 3 heterocycles. The second-order valence-corrected chi connectivity index (χ2v) is 10.9. The number of carbonyl (C=O) groups is 1. The highest BCUT2D eigenvalue weighted by Crippen LogP contribution is 2.34. The fraction of sp³-hybridized carbons (Fsp3) is 0.480. The maximum atomic E-state index is 10.6. The minimum Gasteiger partial charge on any atom is -0.475 e. The number of nitrogens with two attached hydrogens (primary N) is 1. The minimum atomic E-state index is -5.08. The van der Waals surface area contributed by atoms with Gasteiger partial charge in [-0.2, -0.15) is 18.4 Å². The topological polar surface area (TPSA) is 126 Å². The van der Waals surface area contributed by atoms with Crippen LogP contribution in [0.5, 0.6) is 0 Å². The van der Waals surface area contributed by atoms with Crippen molar-refractivity contribution in [3.05, 3.63) is 40.0 Å². The van der Waals surface area contributed by atoms with E-state index in [0.717, 1.165) is 85.8 Å². The Bertz CT molecular complexity index is 1330. The van der Waals surface area contributed by atoms with Gasteiger partial charge in [-0.15, -0.1) is 11.3 Å². The molecule has 1 aromatic carbocycles. The molecule has 1 aliphatic heterocycles. The van der Waals surface area contributed by atoms with Gasteiger partial charge in [0.25, 0.3) is 0 Å². The first-order valence-corrected chi connectivity index (χ1v) is 13.6. The first-order chi connectivity index (χ1) is 18.6. The van der Waals surface area contributed by atoms with Crippen LogP contribution in [0.3, 0.4) is 0 Å². The largest absolute Gasteiger partial charge is 0.490 e. The van der Waals surface area contributed by atoms with Gasteiger partial charge in [-0.3, -0.25) is 9.80 Å². The molecule has 1 atom stereocenters. The number of fused-ring (bicyclic) bond motifs is 2. The van der Waals surface area contributed by atoms with E-state index in [2.05, 4.69) is 42.9 Å². The molecule has 0 spiro atoms. The molecule has 9 nitrogen and oxygen atoms in total. The summed E-state index contributed by atoms with van der Waals surface area (Å²) in [4.78, 5) is 25.1. The van der Waals surface area contributed by atoms with Gasteiger partial charge < -0.3 is 20.7 Å².